The number of hydrogen-bond acceptors (Lipinski definition) is 4. The predicted molar refractivity (Wildman–Crippen MR) is 75.3 cm³/mol. The number of fused-ring (bicyclic) bond motifs is 1. The smallest absolute Gasteiger partial charge is 0.417 e. The quantitative estimate of drug-likeness (QED) is 0.765. The van der Waals surface area contributed by atoms with E-state index >= 15 is 0 Å². The molecule has 0 saturated heterocycles. The Labute approximate surface area is 118 Å². The SMILES string of the molecule is CCCn1nc(-c2ccc3[nH]c(=O)oc3c2)cc1C(=O)O. The molecule has 2 heterocycles. The lowest BCUT2D eigenvalue weighted by molar-refractivity contribution is 0.0683. The van der Waals surface area contributed by atoms with Crippen LogP contribution in [0.3, 0.4) is 0 Å². The lowest BCUT2D eigenvalue weighted by Gasteiger charge is -2.00. The molecule has 0 aliphatic rings. The maximum atomic E-state index is 11.2. The topological polar surface area (TPSA) is 101 Å². The Morgan fingerprint density at radius 1 is 1.43 bits per heavy atom. The number of nitrogens with one attached hydrogen (secondary N) is 1. The average Bonchev–Trinajstić information content (AvgIpc) is 3.00. The van der Waals surface area contributed by atoms with Crippen LogP contribution in [0.25, 0.3) is 22.4 Å². The molecular weight excluding hydrogens is 274 g/mol. The number of aryl methyl sites for hydroxylation is 1. The first-order valence-corrected chi connectivity index (χ1v) is 6.53. The van der Waals surface area contributed by atoms with Gasteiger partial charge in [-0.3, -0.25) is 9.67 Å². The Bertz CT molecular complexity index is 872. The van der Waals surface area contributed by atoms with E-state index in [1.54, 1.807) is 18.2 Å². The number of hydrogen-bond donors (Lipinski definition) is 2. The van der Waals surface area contributed by atoms with Crippen LogP contribution < -0.4 is 5.76 Å². The van der Waals surface area contributed by atoms with Gasteiger partial charge in [-0.1, -0.05) is 13.0 Å². The van der Waals surface area contributed by atoms with Gasteiger partial charge >= 0.3 is 11.7 Å². The maximum absolute atomic E-state index is 11.2. The Hall–Kier alpha value is -2.83. The monoisotopic (exact) mass is 287 g/mol. The molecule has 0 radical (unpaired) electrons. The van der Waals surface area contributed by atoms with E-state index in [2.05, 4.69) is 10.1 Å². The van der Waals surface area contributed by atoms with Crippen molar-refractivity contribution in [1.82, 2.24) is 14.8 Å². The number of H-pyrrole nitrogens is 1. The molecule has 3 aromatic rings. The van der Waals surface area contributed by atoms with E-state index in [9.17, 15) is 14.7 Å². The molecule has 7 heteroatoms. The summed E-state index contributed by atoms with van der Waals surface area (Å²) >= 11 is 0. The first-order chi connectivity index (χ1) is 10.1. The third kappa shape index (κ3) is 2.33. The average molecular weight is 287 g/mol. The van der Waals surface area contributed by atoms with Gasteiger partial charge < -0.3 is 9.52 Å². The molecule has 0 amide bonds. The third-order valence-corrected chi connectivity index (χ3v) is 3.15. The number of carboxylic acid groups (broad SMARTS) is 1. The lowest BCUT2D eigenvalue weighted by Crippen LogP contribution is -2.09. The zero-order chi connectivity index (χ0) is 15.0. The van der Waals surface area contributed by atoms with Crippen LogP contribution in [-0.4, -0.2) is 25.8 Å². The van der Waals surface area contributed by atoms with Crippen LogP contribution in [0, 0.1) is 0 Å². The fourth-order valence-electron chi connectivity index (χ4n) is 2.22. The Morgan fingerprint density at radius 3 is 2.95 bits per heavy atom. The van der Waals surface area contributed by atoms with Crippen LogP contribution in [-0.2, 0) is 6.54 Å². The second kappa shape index (κ2) is 4.93. The summed E-state index contributed by atoms with van der Waals surface area (Å²) in [5.74, 6) is -1.54. The van der Waals surface area contributed by atoms with Crippen LogP contribution in [0.1, 0.15) is 23.8 Å². The third-order valence-electron chi connectivity index (χ3n) is 3.15. The highest BCUT2D eigenvalue weighted by Crippen LogP contribution is 2.23. The van der Waals surface area contributed by atoms with Crippen molar-refractivity contribution in [1.29, 1.82) is 0 Å². The first kappa shape index (κ1) is 13.2. The standard InChI is InChI=1S/C14H13N3O4/c1-2-5-17-11(13(18)19)7-10(16-17)8-3-4-9-12(6-8)21-14(20)15-9/h3-4,6-7H,2,5H2,1H3,(H,15,20)(H,18,19). The number of oxazole rings is 1. The molecule has 0 atom stereocenters. The van der Waals surface area contributed by atoms with E-state index in [4.69, 9.17) is 4.42 Å². The molecule has 2 aromatic heterocycles. The molecule has 108 valence electrons. The summed E-state index contributed by atoms with van der Waals surface area (Å²) < 4.78 is 6.47. The van der Waals surface area contributed by atoms with Gasteiger partial charge in [-0.15, -0.1) is 0 Å². The van der Waals surface area contributed by atoms with Crippen molar-refractivity contribution in [3.05, 3.63) is 40.5 Å². The van der Waals surface area contributed by atoms with Crippen LogP contribution in [0.5, 0.6) is 0 Å². The minimum atomic E-state index is -1.02. The van der Waals surface area contributed by atoms with Gasteiger partial charge in [0.2, 0.25) is 0 Å². The van der Waals surface area contributed by atoms with Crippen molar-refractivity contribution in [2.75, 3.05) is 0 Å². The number of carboxylic acids is 1. The largest absolute Gasteiger partial charge is 0.477 e. The number of aromatic nitrogens is 3. The molecule has 3 rings (SSSR count). The van der Waals surface area contributed by atoms with Gasteiger partial charge in [-0.25, -0.2) is 9.59 Å². The molecule has 0 bridgehead atoms. The van der Waals surface area contributed by atoms with Crippen LogP contribution in [0.4, 0.5) is 0 Å². The fraction of sp³-hybridized carbons (Fsp3) is 0.214. The zero-order valence-corrected chi connectivity index (χ0v) is 11.3. The molecule has 7 nitrogen and oxygen atoms in total. The molecule has 2 N–H and O–H groups in total. The highest BCUT2D eigenvalue weighted by Gasteiger charge is 2.15. The summed E-state index contributed by atoms with van der Waals surface area (Å²) in [4.78, 5) is 24.9. The molecule has 0 aliphatic heterocycles. The van der Waals surface area contributed by atoms with E-state index in [1.807, 2.05) is 6.92 Å². The van der Waals surface area contributed by atoms with Crippen molar-refractivity contribution in [2.45, 2.75) is 19.9 Å². The van der Waals surface area contributed by atoms with Crippen molar-refractivity contribution in [3.8, 4) is 11.3 Å². The van der Waals surface area contributed by atoms with Gasteiger partial charge in [0.25, 0.3) is 0 Å². The predicted octanol–water partition coefficient (Wildman–Crippen LogP) is 2.09. The minimum absolute atomic E-state index is 0.141. The highest BCUT2D eigenvalue weighted by atomic mass is 16.4. The Morgan fingerprint density at radius 2 is 2.24 bits per heavy atom. The second-order valence-electron chi connectivity index (χ2n) is 4.67. The van der Waals surface area contributed by atoms with Crippen LogP contribution in [0.2, 0.25) is 0 Å². The molecule has 0 aliphatic carbocycles. The van der Waals surface area contributed by atoms with Gasteiger partial charge in [0.15, 0.2) is 5.58 Å². The van der Waals surface area contributed by atoms with Crippen molar-refractivity contribution in [2.24, 2.45) is 0 Å². The fourth-order valence-corrected chi connectivity index (χ4v) is 2.22. The highest BCUT2D eigenvalue weighted by molar-refractivity contribution is 5.88. The van der Waals surface area contributed by atoms with Gasteiger partial charge in [0.1, 0.15) is 5.69 Å². The number of nitrogens with zero attached hydrogens (tertiary/aromatic N) is 2. The van der Waals surface area contributed by atoms with Crippen LogP contribution >= 0.6 is 0 Å². The van der Waals surface area contributed by atoms with Gasteiger partial charge in [0, 0.05) is 12.1 Å². The minimum Gasteiger partial charge on any atom is -0.477 e. The first-order valence-electron chi connectivity index (χ1n) is 6.53. The second-order valence-corrected chi connectivity index (χ2v) is 4.67. The molecular formula is C14H13N3O4. The maximum Gasteiger partial charge on any atom is 0.417 e. The van der Waals surface area contributed by atoms with E-state index in [1.165, 1.54) is 10.7 Å². The van der Waals surface area contributed by atoms with E-state index < -0.39 is 11.7 Å². The number of aromatic amines is 1. The normalized spacial score (nSPS) is 11.1. The van der Waals surface area contributed by atoms with Crippen LogP contribution in [0.15, 0.2) is 33.5 Å². The molecule has 0 unspecified atom stereocenters. The van der Waals surface area contributed by atoms with E-state index in [-0.39, 0.29) is 5.69 Å². The number of benzene rings is 1. The van der Waals surface area contributed by atoms with E-state index in [0.29, 0.717) is 28.9 Å². The molecule has 1 aromatic carbocycles. The molecule has 0 spiro atoms. The molecule has 0 fully saturated rings. The lowest BCUT2D eigenvalue weighted by atomic mass is 10.1. The molecule has 0 saturated carbocycles. The van der Waals surface area contributed by atoms with Gasteiger partial charge in [-0.05, 0) is 24.6 Å². The van der Waals surface area contributed by atoms with Gasteiger partial charge in [0.05, 0.1) is 11.2 Å². The number of rotatable bonds is 4. The summed E-state index contributed by atoms with van der Waals surface area (Å²) in [7, 11) is 0. The molecule has 21 heavy (non-hydrogen) atoms. The Kier molecular flexibility index (Phi) is 3.09. The van der Waals surface area contributed by atoms with E-state index in [0.717, 1.165) is 6.42 Å². The summed E-state index contributed by atoms with van der Waals surface area (Å²) in [6, 6.07) is 6.65. The number of carbonyl (C=O) groups is 1. The summed E-state index contributed by atoms with van der Waals surface area (Å²) in [6.07, 6.45) is 0.785. The van der Waals surface area contributed by atoms with Crippen molar-refractivity contribution < 1.29 is 14.3 Å². The van der Waals surface area contributed by atoms with Gasteiger partial charge in [-0.2, -0.15) is 5.10 Å². The number of aromatic carboxylic acids is 1. The van der Waals surface area contributed by atoms with Crippen molar-refractivity contribution in [3.63, 3.8) is 0 Å². The summed E-state index contributed by atoms with van der Waals surface area (Å²) in [5, 5.41) is 13.5. The van der Waals surface area contributed by atoms with Crippen molar-refractivity contribution >= 4 is 17.1 Å². The summed E-state index contributed by atoms with van der Waals surface area (Å²) in [5.41, 5.74) is 2.38. The Balaban J connectivity index is 2.10. The zero-order valence-electron chi connectivity index (χ0n) is 11.3. The summed E-state index contributed by atoms with van der Waals surface area (Å²) in [6.45, 7) is 2.48.